The van der Waals surface area contributed by atoms with Crippen molar-refractivity contribution in [2.75, 3.05) is 20.1 Å². The maximum absolute atomic E-state index is 12.7. The highest BCUT2D eigenvalue weighted by Crippen LogP contribution is 2.52. The van der Waals surface area contributed by atoms with E-state index in [1.165, 1.54) is 30.5 Å². The summed E-state index contributed by atoms with van der Waals surface area (Å²) < 4.78 is 42.1. The van der Waals surface area contributed by atoms with Crippen LogP contribution in [0.3, 0.4) is 0 Å². The van der Waals surface area contributed by atoms with E-state index in [9.17, 15) is 23.4 Å². The minimum atomic E-state index is -4.81. The molecule has 0 bridgehead atoms. The normalized spacial score (nSPS) is 18.3. The third-order valence-electron chi connectivity index (χ3n) is 7.09. The highest BCUT2D eigenvalue weighted by Gasteiger charge is 2.57. The molecule has 3 aromatic rings. The summed E-state index contributed by atoms with van der Waals surface area (Å²) in [6, 6.07) is 12.3. The minimum absolute atomic E-state index is 0.371. The number of nitrogens with zero attached hydrogens (tertiary/aromatic N) is 3. The van der Waals surface area contributed by atoms with E-state index in [2.05, 4.69) is 31.4 Å². The molecule has 1 aliphatic heterocycles. The third kappa shape index (κ3) is 5.39. The first-order valence-corrected chi connectivity index (χ1v) is 12.2. The van der Waals surface area contributed by atoms with Crippen LogP contribution in [0.15, 0.2) is 60.9 Å². The molecule has 2 N–H and O–H groups in total. The molecular formula is C29H30F3N3O3. The van der Waals surface area contributed by atoms with E-state index in [0.29, 0.717) is 41.9 Å². The number of benzene rings is 1. The summed E-state index contributed by atoms with van der Waals surface area (Å²) in [7, 11) is 1.94. The van der Waals surface area contributed by atoms with Gasteiger partial charge in [0, 0.05) is 47.7 Å². The maximum atomic E-state index is 12.7. The SMILES string of the molecule is CCC1([C@](O)(c2ccc(OC(F)(F)F)cc2)c2cncc(C#CC(C)(O)c3cccc(C)n3)c2)CN(C)C1. The van der Waals surface area contributed by atoms with E-state index in [1.54, 1.807) is 31.3 Å². The van der Waals surface area contributed by atoms with Crippen molar-refractivity contribution in [1.29, 1.82) is 0 Å². The molecule has 0 radical (unpaired) electrons. The largest absolute Gasteiger partial charge is 0.573 e. The van der Waals surface area contributed by atoms with Crippen molar-refractivity contribution in [1.82, 2.24) is 14.9 Å². The number of ether oxygens (including phenoxy) is 1. The second-order valence-corrected chi connectivity index (χ2v) is 10.0. The number of aromatic nitrogens is 2. The lowest BCUT2D eigenvalue weighted by Gasteiger charge is -2.57. The molecule has 1 aliphatic rings. The molecule has 0 aliphatic carbocycles. The second kappa shape index (κ2) is 10.0. The summed E-state index contributed by atoms with van der Waals surface area (Å²) in [5.74, 6) is 5.42. The van der Waals surface area contributed by atoms with Crippen molar-refractivity contribution in [2.45, 2.75) is 44.8 Å². The zero-order chi connectivity index (χ0) is 27.8. The zero-order valence-corrected chi connectivity index (χ0v) is 21.7. The zero-order valence-electron chi connectivity index (χ0n) is 21.7. The van der Waals surface area contributed by atoms with Gasteiger partial charge in [-0.3, -0.25) is 9.97 Å². The number of pyridine rings is 2. The number of likely N-dealkylation sites (tertiary alicyclic amines) is 1. The Morgan fingerprint density at radius 2 is 1.74 bits per heavy atom. The van der Waals surface area contributed by atoms with Crippen LogP contribution >= 0.6 is 0 Å². The first kappa shape index (κ1) is 27.6. The topological polar surface area (TPSA) is 78.7 Å². The molecule has 1 fully saturated rings. The first-order chi connectivity index (χ1) is 17.8. The van der Waals surface area contributed by atoms with Crippen LogP contribution in [0, 0.1) is 24.2 Å². The van der Waals surface area contributed by atoms with E-state index >= 15 is 0 Å². The third-order valence-corrected chi connectivity index (χ3v) is 7.09. The Kier molecular flexibility index (Phi) is 7.28. The van der Waals surface area contributed by atoms with Gasteiger partial charge in [0.25, 0.3) is 0 Å². The number of hydrogen-bond donors (Lipinski definition) is 2. The van der Waals surface area contributed by atoms with Gasteiger partial charge in [-0.25, -0.2) is 0 Å². The van der Waals surface area contributed by atoms with Crippen molar-refractivity contribution in [3.05, 3.63) is 89.0 Å². The van der Waals surface area contributed by atoms with Crippen molar-refractivity contribution in [3.8, 4) is 17.6 Å². The van der Waals surface area contributed by atoms with Gasteiger partial charge in [-0.05, 0) is 63.2 Å². The summed E-state index contributed by atoms with van der Waals surface area (Å²) in [5.41, 5.74) is -1.20. The van der Waals surface area contributed by atoms with Crippen LogP contribution in [0.2, 0.25) is 0 Å². The van der Waals surface area contributed by atoms with Crippen LogP contribution < -0.4 is 4.74 Å². The Balaban J connectivity index is 1.76. The van der Waals surface area contributed by atoms with E-state index in [4.69, 9.17) is 0 Å². The summed E-state index contributed by atoms with van der Waals surface area (Å²) in [6.45, 7) is 6.50. The van der Waals surface area contributed by atoms with Gasteiger partial charge < -0.3 is 19.8 Å². The van der Waals surface area contributed by atoms with Crippen molar-refractivity contribution in [2.24, 2.45) is 5.41 Å². The molecular weight excluding hydrogens is 495 g/mol. The number of aryl methyl sites for hydroxylation is 1. The predicted octanol–water partition coefficient (Wildman–Crippen LogP) is 4.52. The number of rotatable bonds is 6. The Labute approximate surface area is 220 Å². The van der Waals surface area contributed by atoms with Crippen LogP contribution in [0.4, 0.5) is 13.2 Å². The average Bonchev–Trinajstić information content (AvgIpc) is 2.85. The molecule has 2 atom stereocenters. The van der Waals surface area contributed by atoms with E-state index in [0.717, 1.165) is 5.69 Å². The second-order valence-electron chi connectivity index (χ2n) is 10.0. The summed E-state index contributed by atoms with van der Waals surface area (Å²) >= 11 is 0. The smallest absolute Gasteiger partial charge is 0.406 e. The summed E-state index contributed by atoms with van der Waals surface area (Å²) in [4.78, 5) is 10.7. The van der Waals surface area contributed by atoms with Crippen LogP contribution in [0.1, 0.15) is 48.3 Å². The molecule has 6 nitrogen and oxygen atoms in total. The fraction of sp³-hybridized carbons (Fsp3) is 0.379. The van der Waals surface area contributed by atoms with Crippen molar-refractivity contribution >= 4 is 0 Å². The molecule has 9 heteroatoms. The molecule has 1 saturated heterocycles. The van der Waals surface area contributed by atoms with Gasteiger partial charge in [0.1, 0.15) is 11.4 Å². The van der Waals surface area contributed by atoms with Gasteiger partial charge in [-0.1, -0.05) is 37.0 Å². The molecule has 200 valence electrons. The van der Waals surface area contributed by atoms with Gasteiger partial charge in [0.05, 0.1) is 5.69 Å². The lowest BCUT2D eigenvalue weighted by molar-refractivity contribution is -0.274. The van der Waals surface area contributed by atoms with Gasteiger partial charge in [-0.15, -0.1) is 13.2 Å². The Morgan fingerprint density at radius 1 is 1.05 bits per heavy atom. The molecule has 2 aromatic heterocycles. The molecule has 1 aromatic carbocycles. The number of halogens is 3. The van der Waals surface area contributed by atoms with E-state index in [1.807, 2.05) is 27.0 Å². The van der Waals surface area contributed by atoms with Crippen LogP contribution in [0.5, 0.6) is 5.75 Å². The van der Waals surface area contributed by atoms with Crippen LogP contribution in [-0.2, 0) is 11.2 Å². The number of hydrogen-bond acceptors (Lipinski definition) is 6. The number of aliphatic hydroxyl groups is 2. The Hall–Kier alpha value is -3.45. The van der Waals surface area contributed by atoms with E-state index in [-0.39, 0.29) is 5.75 Å². The van der Waals surface area contributed by atoms with Crippen LogP contribution in [-0.4, -0.2) is 51.6 Å². The molecule has 38 heavy (non-hydrogen) atoms. The lowest BCUT2D eigenvalue weighted by atomic mass is 9.59. The standard InChI is InChI=1S/C29H30F3N3O3/c1-5-27(18-35(4)19-27)28(37,22-9-11-24(12-10-22)38-29(30,31)32)23-15-21(16-33-17-23)13-14-26(3,36)25-8-6-7-20(2)34-25/h6-12,15-17,36-37H,5,18-19H2,1-4H3/t26?,28-/m0/s1. The average molecular weight is 526 g/mol. The van der Waals surface area contributed by atoms with E-state index < -0.39 is 23.0 Å². The Morgan fingerprint density at radius 3 is 2.32 bits per heavy atom. The van der Waals surface area contributed by atoms with Crippen molar-refractivity contribution < 1.29 is 28.1 Å². The fourth-order valence-electron chi connectivity index (χ4n) is 5.15. The molecule has 3 heterocycles. The molecule has 4 rings (SSSR count). The first-order valence-electron chi connectivity index (χ1n) is 12.2. The molecule has 0 spiro atoms. The van der Waals surface area contributed by atoms with Gasteiger partial charge in [0.15, 0.2) is 5.60 Å². The minimum Gasteiger partial charge on any atom is -0.406 e. The lowest BCUT2D eigenvalue weighted by Crippen LogP contribution is -2.65. The monoisotopic (exact) mass is 525 g/mol. The van der Waals surface area contributed by atoms with Crippen LogP contribution in [0.25, 0.3) is 0 Å². The van der Waals surface area contributed by atoms with Crippen molar-refractivity contribution in [3.63, 3.8) is 0 Å². The predicted molar refractivity (Wildman–Crippen MR) is 136 cm³/mol. The summed E-state index contributed by atoms with van der Waals surface area (Å²) in [5, 5.41) is 23.3. The molecule has 1 unspecified atom stereocenters. The quantitative estimate of drug-likeness (QED) is 0.461. The fourth-order valence-corrected chi connectivity index (χ4v) is 5.15. The van der Waals surface area contributed by atoms with Gasteiger partial charge in [-0.2, -0.15) is 0 Å². The van der Waals surface area contributed by atoms with Gasteiger partial charge in [0.2, 0.25) is 0 Å². The highest BCUT2D eigenvalue weighted by atomic mass is 19.4. The highest BCUT2D eigenvalue weighted by molar-refractivity contribution is 5.46. The summed E-state index contributed by atoms with van der Waals surface area (Å²) in [6.07, 6.45) is -1.13. The Bertz CT molecular complexity index is 1360. The molecule has 0 amide bonds. The molecule has 0 saturated carbocycles. The van der Waals surface area contributed by atoms with Gasteiger partial charge >= 0.3 is 6.36 Å². The number of alkyl halides is 3. The maximum Gasteiger partial charge on any atom is 0.573 e.